The molecular formula is C16H21NS2. The number of thioether (sulfide) groups is 1. The van der Waals surface area contributed by atoms with E-state index in [4.69, 9.17) is 0 Å². The van der Waals surface area contributed by atoms with Gasteiger partial charge in [-0.1, -0.05) is 26.0 Å². The first-order chi connectivity index (χ1) is 9.24. The minimum absolute atomic E-state index is 0.537. The van der Waals surface area contributed by atoms with Gasteiger partial charge in [0.25, 0.3) is 0 Å². The standard InChI is InChI=1S/C16H21NS2/c1-13(2)17-11-15-4-3-5-16(10-15)19-9-7-14-6-8-18-12-14/h3-6,8,10,12-13,17H,7,9,11H2,1-2H3. The van der Waals surface area contributed by atoms with Gasteiger partial charge in [-0.3, -0.25) is 0 Å². The van der Waals surface area contributed by atoms with Gasteiger partial charge in [0.05, 0.1) is 0 Å². The van der Waals surface area contributed by atoms with Crippen LogP contribution in [0.3, 0.4) is 0 Å². The summed E-state index contributed by atoms with van der Waals surface area (Å²) in [5.41, 5.74) is 2.82. The molecule has 0 atom stereocenters. The van der Waals surface area contributed by atoms with Crippen LogP contribution in [-0.2, 0) is 13.0 Å². The minimum atomic E-state index is 0.537. The van der Waals surface area contributed by atoms with Crippen LogP contribution in [0.1, 0.15) is 25.0 Å². The topological polar surface area (TPSA) is 12.0 Å². The van der Waals surface area contributed by atoms with Gasteiger partial charge in [-0.25, -0.2) is 0 Å². The van der Waals surface area contributed by atoms with Gasteiger partial charge >= 0.3 is 0 Å². The van der Waals surface area contributed by atoms with E-state index in [0.717, 1.165) is 18.7 Å². The number of nitrogens with one attached hydrogen (secondary N) is 1. The SMILES string of the molecule is CC(C)NCc1cccc(SCCc2ccsc2)c1. The van der Waals surface area contributed by atoms with Crippen LogP contribution in [0.15, 0.2) is 46.0 Å². The fourth-order valence-corrected chi connectivity index (χ4v) is 3.47. The zero-order chi connectivity index (χ0) is 13.5. The van der Waals surface area contributed by atoms with Crippen LogP contribution < -0.4 is 5.32 Å². The number of rotatable bonds is 7. The van der Waals surface area contributed by atoms with Gasteiger partial charge in [0.1, 0.15) is 0 Å². The first kappa shape index (κ1) is 14.6. The Kier molecular flexibility index (Phi) is 5.95. The fraction of sp³-hybridized carbons (Fsp3) is 0.375. The Morgan fingerprint density at radius 1 is 1.21 bits per heavy atom. The molecule has 102 valence electrons. The van der Waals surface area contributed by atoms with Crippen LogP contribution in [0.4, 0.5) is 0 Å². The fourth-order valence-electron chi connectivity index (χ4n) is 1.79. The summed E-state index contributed by atoms with van der Waals surface area (Å²) < 4.78 is 0. The predicted molar refractivity (Wildman–Crippen MR) is 87.2 cm³/mol. The van der Waals surface area contributed by atoms with Crippen molar-refractivity contribution in [2.24, 2.45) is 0 Å². The van der Waals surface area contributed by atoms with E-state index in [9.17, 15) is 0 Å². The van der Waals surface area contributed by atoms with Crippen molar-refractivity contribution in [1.29, 1.82) is 0 Å². The Balaban J connectivity index is 1.81. The zero-order valence-corrected chi connectivity index (χ0v) is 13.2. The van der Waals surface area contributed by atoms with E-state index in [1.54, 1.807) is 11.3 Å². The Labute approximate surface area is 124 Å². The lowest BCUT2D eigenvalue weighted by Gasteiger charge is -2.09. The van der Waals surface area contributed by atoms with Crippen molar-refractivity contribution in [3.05, 3.63) is 52.2 Å². The second kappa shape index (κ2) is 7.73. The highest BCUT2D eigenvalue weighted by Gasteiger charge is 1.99. The van der Waals surface area contributed by atoms with Crippen LogP contribution >= 0.6 is 23.1 Å². The lowest BCUT2D eigenvalue weighted by Crippen LogP contribution is -2.21. The van der Waals surface area contributed by atoms with Gasteiger partial charge in [0.15, 0.2) is 0 Å². The molecule has 0 fully saturated rings. The molecule has 0 aliphatic rings. The smallest absolute Gasteiger partial charge is 0.0208 e. The summed E-state index contributed by atoms with van der Waals surface area (Å²) in [6, 6.07) is 11.6. The van der Waals surface area contributed by atoms with Gasteiger partial charge in [0.2, 0.25) is 0 Å². The minimum Gasteiger partial charge on any atom is -0.310 e. The van der Waals surface area contributed by atoms with Crippen LogP contribution in [0, 0.1) is 0 Å². The van der Waals surface area contributed by atoms with E-state index in [0.29, 0.717) is 6.04 Å². The largest absolute Gasteiger partial charge is 0.310 e. The maximum Gasteiger partial charge on any atom is 0.0208 e. The van der Waals surface area contributed by atoms with Crippen molar-refractivity contribution in [2.75, 3.05) is 5.75 Å². The summed E-state index contributed by atoms with van der Waals surface area (Å²) in [6.45, 7) is 5.31. The number of hydrogen-bond donors (Lipinski definition) is 1. The average Bonchev–Trinajstić information content (AvgIpc) is 2.90. The van der Waals surface area contributed by atoms with Gasteiger partial charge in [0, 0.05) is 23.2 Å². The Hall–Kier alpha value is -0.770. The van der Waals surface area contributed by atoms with Crippen molar-refractivity contribution in [3.63, 3.8) is 0 Å². The molecule has 1 N–H and O–H groups in total. The summed E-state index contributed by atoms with van der Waals surface area (Å²) in [6.07, 6.45) is 1.16. The molecule has 2 aromatic rings. The summed E-state index contributed by atoms with van der Waals surface area (Å²) in [5, 5.41) is 7.85. The lowest BCUT2D eigenvalue weighted by atomic mass is 10.2. The highest BCUT2D eigenvalue weighted by atomic mass is 32.2. The number of aryl methyl sites for hydroxylation is 1. The quantitative estimate of drug-likeness (QED) is 0.749. The predicted octanol–water partition coefficient (Wildman–Crippen LogP) is 4.58. The molecule has 0 unspecified atom stereocenters. The van der Waals surface area contributed by atoms with Crippen LogP contribution in [0.2, 0.25) is 0 Å². The molecule has 0 radical (unpaired) electrons. The van der Waals surface area contributed by atoms with Crippen molar-refractivity contribution in [3.8, 4) is 0 Å². The third-order valence-corrected chi connectivity index (χ3v) is 4.58. The second-order valence-corrected chi connectivity index (χ2v) is 6.86. The average molecular weight is 291 g/mol. The van der Waals surface area contributed by atoms with E-state index in [1.165, 1.54) is 16.0 Å². The van der Waals surface area contributed by atoms with Crippen LogP contribution in [0.5, 0.6) is 0 Å². The van der Waals surface area contributed by atoms with E-state index >= 15 is 0 Å². The monoisotopic (exact) mass is 291 g/mol. The second-order valence-electron chi connectivity index (χ2n) is 4.91. The summed E-state index contributed by atoms with van der Waals surface area (Å²) in [7, 11) is 0. The van der Waals surface area contributed by atoms with Gasteiger partial charge in [-0.15, -0.1) is 11.8 Å². The molecule has 2 rings (SSSR count). The molecule has 3 heteroatoms. The highest BCUT2D eigenvalue weighted by Crippen LogP contribution is 2.21. The molecule has 0 saturated carbocycles. The van der Waals surface area contributed by atoms with Crippen molar-refractivity contribution in [2.45, 2.75) is 37.8 Å². The number of benzene rings is 1. The Morgan fingerprint density at radius 2 is 2.11 bits per heavy atom. The maximum absolute atomic E-state index is 3.46. The van der Waals surface area contributed by atoms with Gasteiger partial charge in [-0.2, -0.15) is 11.3 Å². The van der Waals surface area contributed by atoms with Crippen molar-refractivity contribution < 1.29 is 0 Å². The molecule has 0 spiro atoms. The third kappa shape index (κ3) is 5.39. The molecule has 0 saturated heterocycles. The molecule has 1 aromatic carbocycles. The summed E-state index contributed by atoms with van der Waals surface area (Å²) >= 11 is 3.72. The van der Waals surface area contributed by atoms with Gasteiger partial charge in [-0.05, 0) is 46.5 Å². The third-order valence-electron chi connectivity index (χ3n) is 2.85. The van der Waals surface area contributed by atoms with Crippen LogP contribution in [-0.4, -0.2) is 11.8 Å². The molecule has 0 aliphatic heterocycles. The molecule has 0 amide bonds. The van der Waals surface area contributed by atoms with Crippen molar-refractivity contribution in [1.82, 2.24) is 5.32 Å². The van der Waals surface area contributed by atoms with Crippen LogP contribution in [0.25, 0.3) is 0 Å². The van der Waals surface area contributed by atoms with Crippen molar-refractivity contribution >= 4 is 23.1 Å². The van der Waals surface area contributed by atoms with E-state index in [-0.39, 0.29) is 0 Å². The van der Waals surface area contributed by atoms with E-state index < -0.39 is 0 Å². The lowest BCUT2D eigenvalue weighted by molar-refractivity contribution is 0.588. The van der Waals surface area contributed by atoms with E-state index in [1.807, 2.05) is 11.8 Å². The Morgan fingerprint density at radius 3 is 2.84 bits per heavy atom. The van der Waals surface area contributed by atoms with Gasteiger partial charge < -0.3 is 5.32 Å². The molecule has 1 aromatic heterocycles. The molecule has 0 bridgehead atoms. The first-order valence-corrected chi connectivity index (χ1v) is 8.63. The summed E-state index contributed by atoms with van der Waals surface area (Å²) in [5.74, 6) is 1.15. The first-order valence-electron chi connectivity index (χ1n) is 6.70. The molecule has 0 aliphatic carbocycles. The normalized spacial score (nSPS) is 11.1. The number of thiophene rings is 1. The molecule has 19 heavy (non-hydrogen) atoms. The molecule has 1 heterocycles. The zero-order valence-electron chi connectivity index (χ0n) is 11.6. The number of hydrogen-bond acceptors (Lipinski definition) is 3. The Bertz CT molecular complexity index is 477. The molecular weight excluding hydrogens is 270 g/mol. The highest BCUT2D eigenvalue weighted by molar-refractivity contribution is 7.99. The van der Waals surface area contributed by atoms with E-state index in [2.05, 4.69) is 60.3 Å². The molecule has 1 nitrogen and oxygen atoms in total. The maximum atomic E-state index is 3.46. The summed E-state index contributed by atoms with van der Waals surface area (Å²) in [4.78, 5) is 1.37.